The van der Waals surface area contributed by atoms with Crippen LogP contribution in [0.3, 0.4) is 0 Å². The summed E-state index contributed by atoms with van der Waals surface area (Å²) in [5.74, 6) is 0.334. The van der Waals surface area contributed by atoms with Gasteiger partial charge in [-0.1, -0.05) is 41.7 Å². The Morgan fingerprint density at radius 3 is 2.77 bits per heavy atom. The fourth-order valence-electron chi connectivity index (χ4n) is 5.02. The molecule has 3 aromatic rings. The molecule has 0 spiro atoms. The second kappa shape index (κ2) is 8.03. The van der Waals surface area contributed by atoms with Crippen LogP contribution in [0.15, 0.2) is 36.4 Å². The number of benzene rings is 2. The predicted molar refractivity (Wildman–Crippen MR) is 124 cm³/mol. The van der Waals surface area contributed by atoms with Crippen molar-refractivity contribution in [1.29, 1.82) is 0 Å². The van der Waals surface area contributed by atoms with Gasteiger partial charge in [-0.3, -0.25) is 4.79 Å². The molecule has 1 saturated heterocycles. The molecule has 2 aliphatic rings. The summed E-state index contributed by atoms with van der Waals surface area (Å²) in [5.41, 5.74) is 6.36. The van der Waals surface area contributed by atoms with Crippen molar-refractivity contribution < 1.29 is 4.79 Å². The molecule has 4 nitrogen and oxygen atoms in total. The molecule has 5 rings (SSSR count). The third kappa shape index (κ3) is 3.71. The van der Waals surface area contributed by atoms with E-state index in [0.717, 1.165) is 55.8 Å². The number of aryl methyl sites for hydroxylation is 3. The Labute approximate surface area is 182 Å². The van der Waals surface area contributed by atoms with Gasteiger partial charge in [0.1, 0.15) is 0 Å². The molecule has 156 valence electrons. The van der Waals surface area contributed by atoms with Crippen LogP contribution in [0.25, 0.3) is 10.2 Å². The summed E-state index contributed by atoms with van der Waals surface area (Å²) in [5, 5.41) is 4.46. The maximum absolute atomic E-state index is 13.0. The van der Waals surface area contributed by atoms with Crippen molar-refractivity contribution in [1.82, 2.24) is 10.3 Å². The molecule has 1 amide bonds. The molecule has 0 bridgehead atoms. The van der Waals surface area contributed by atoms with Crippen molar-refractivity contribution in [2.24, 2.45) is 5.92 Å². The molecule has 5 heteroatoms. The summed E-state index contributed by atoms with van der Waals surface area (Å²) in [6.07, 6.45) is 5.12. The molecule has 2 heterocycles. The van der Waals surface area contributed by atoms with Crippen LogP contribution in [0, 0.1) is 19.8 Å². The predicted octanol–water partition coefficient (Wildman–Crippen LogP) is 5.32. The summed E-state index contributed by atoms with van der Waals surface area (Å²) < 4.78 is 1.26. The van der Waals surface area contributed by atoms with Gasteiger partial charge in [-0.05, 0) is 74.3 Å². The molecule has 0 radical (unpaired) electrons. The lowest BCUT2D eigenvalue weighted by Gasteiger charge is -2.33. The maximum atomic E-state index is 13.0. The molecular weight excluding hydrogens is 390 g/mol. The van der Waals surface area contributed by atoms with Crippen LogP contribution in [0.5, 0.6) is 0 Å². The first kappa shape index (κ1) is 19.6. The minimum atomic E-state index is 0.105. The van der Waals surface area contributed by atoms with Crippen molar-refractivity contribution >= 4 is 32.6 Å². The summed E-state index contributed by atoms with van der Waals surface area (Å²) in [4.78, 5) is 20.3. The lowest BCUT2D eigenvalue weighted by Crippen LogP contribution is -2.42. The van der Waals surface area contributed by atoms with Gasteiger partial charge in [-0.2, -0.15) is 0 Å². The van der Waals surface area contributed by atoms with Crippen LogP contribution in [0.1, 0.15) is 54.0 Å². The number of rotatable bonds is 3. The van der Waals surface area contributed by atoms with E-state index in [0.29, 0.717) is 0 Å². The van der Waals surface area contributed by atoms with Crippen LogP contribution in [-0.2, 0) is 11.2 Å². The summed E-state index contributed by atoms with van der Waals surface area (Å²) in [6, 6.07) is 13.2. The molecule has 1 N–H and O–H groups in total. The maximum Gasteiger partial charge on any atom is 0.223 e. The first-order valence-corrected chi connectivity index (χ1v) is 11.9. The molecule has 30 heavy (non-hydrogen) atoms. The highest BCUT2D eigenvalue weighted by Gasteiger charge is 2.29. The molecule has 1 fully saturated rings. The van der Waals surface area contributed by atoms with Crippen molar-refractivity contribution in [3.05, 3.63) is 58.7 Å². The Bertz CT molecular complexity index is 1080. The first-order valence-electron chi connectivity index (χ1n) is 11.1. The molecule has 0 unspecified atom stereocenters. The Hall–Kier alpha value is -2.40. The van der Waals surface area contributed by atoms with Crippen molar-refractivity contribution in [3.63, 3.8) is 0 Å². The number of hydrogen-bond acceptors (Lipinski definition) is 4. The minimum Gasteiger partial charge on any atom is -0.349 e. The number of piperidine rings is 1. The van der Waals surface area contributed by atoms with Crippen LogP contribution in [-0.4, -0.2) is 24.0 Å². The average molecular weight is 420 g/mol. The Kier molecular flexibility index (Phi) is 5.23. The Morgan fingerprint density at radius 1 is 1.13 bits per heavy atom. The number of nitrogens with one attached hydrogen (secondary N) is 1. The van der Waals surface area contributed by atoms with E-state index in [1.54, 1.807) is 11.3 Å². The fraction of sp³-hybridized carbons (Fsp3) is 0.440. The smallest absolute Gasteiger partial charge is 0.223 e. The molecule has 1 atom stereocenters. The monoisotopic (exact) mass is 419 g/mol. The molecule has 1 aliphatic carbocycles. The van der Waals surface area contributed by atoms with E-state index >= 15 is 0 Å². The van der Waals surface area contributed by atoms with Crippen LogP contribution in [0.2, 0.25) is 0 Å². The number of aromatic nitrogens is 1. The van der Waals surface area contributed by atoms with Gasteiger partial charge >= 0.3 is 0 Å². The van der Waals surface area contributed by atoms with Gasteiger partial charge in [0.05, 0.1) is 16.3 Å². The van der Waals surface area contributed by atoms with Gasteiger partial charge < -0.3 is 10.2 Å². The van der Waals surface area contributed by atoms with E-state index in [4.69, 9.17) is 4.98 Å². The number of amides is 1. The fourth-order valence-corrected chi connectivity index (χ4v) is 6.21. The zero-order chi connectivity index (χ0) is 20.7. The number of fused-ring (bicyclic) bond motifs is 2. The second-order valence-electron chi connectivity index (χ2n) is 8.84. The Balaban J connectivity index is 1.23. The van der Waals surface area contributed by atoms with Gasteiger partial charge in [0.2, 0.25) is 5.91 Å². The zero-order valence-corrected chi connectivity index (χ0v) is 18.6. The average Bonchev–Trinajstić information content (AvgIpc) is 3.18. The van der Waals surface area contributed by atoms with E-state index in [1.165, 1.54) is 27.0 Å². The molecule has 2 aromatic carbocycles. The van der Waals surface area contributed by atoms with Gasteiger partial charge in [0.25, 0.3) is 0 Å². The van der Waals surface area contributed by atoms with Crippen LogP contribution in [0.4, 0.5) is 5.13 Å². The standard InChI is InChI=1S/C25H29N3OS/c1-16-14-17(2)23-22(15-16)30-25(27-23)28-12-10-19(11-13-28)24(29)26-21-9-5-7-18-6-3-4-8-20(18)21/h3-4,6,8,14-15,19,21H,5,7,9-13H2,1-2H3,(H,26,29)/t21-/m1/s1. The quantitative estimate of drug-likeness (QED) is 0.625. The zero-order valence-electron chi connectivity index (χ0n) is 17.8. The summed E-state index contributed by atoms with van der Waals surface area (Å²) >= 11 is 1.78. The minimum absolute atomic E-state index is 0.105. The molecular formula is C25H29N3OS. The van der Waals surface area contributed by atoms with Crippen molar-refractivity contribution in [2.45, 2.75) is 52.0 Å². The molecule has 1 aromatic heterocycles. The highest BCUT2D eigenvalue weighted by atomic mass is 32.1. The number of nitrogens with zero attached hydrogens (tertiary/aromatic N) is 2. The summed E-state index contributed by atoms with van der Waals surface area (Å²) in [6.45, 7) is 6.08. The van der Waals surface area contributed by atoms with Crippen LogP contribution >= 0.6 is 11.3 Å². The molecule has 1 aliphatic heterocycles. The van der Waals surface area contributed by atoms with Crippen molar-refractivity contribution in [3.8, 4) is 0 Å². The Morgan fingerprint density at radius 2 is 1.93 bits per heavy atom. The lowest BCUT2D eigenvalue weighted by atomic mass is 9.87. The lowest BCUT2D eigenvalue weighted by molar-refractivity contribution is -0.126. The van der Waals surface area contributed by atoms with E-state index in [9.17, 15) is 4.79 Å². The number of thiazole rings is 1. The van der Waals surface area contributed by atoms with Gasteiger partial charge in [-0.25, -0.2) is 4.98 Å². The number of hydrogen-bond donors (Lipinski definition) is 1. The van der Waals surface area contributed by atoms with Gasteiger partial charge in [-0.15, -0.1) is 0 Å². The van der Waals surface area contributed by atoms with Gasteiger partial charge in [0, 0.05) is 19.0 Å². The van der Waals surface area contributed by atoms with E-state index in [-0.39, 0.29) is 17.9 Å². The van der Waals surface area contributed by atoms with E-state index in [1.807, 2.05) is 0 Å². The molecule has 0 saturated carbocycles. The van der Waals surface area contributed by atoms with E-state index in [2.05, 4.69) is 60.5 Å². The number of carbonyl (C=O) groups is 1. The SMILES string of the molecule is Cc1cc(C)c2nc(N3CCC(C(=O)N[C@@H]4CCCc5ccccc54)CC3)sc2c1. The van der Waals surface area contributed by atoms with E-state index < -0.39 is 0 Å². The third-order valence-corrected chi connectivity index (χ3v) is 7.70. The largest absolute Gasteiger partial charge is 0.349 e. The normalized spacial score (nSPS) is 19.7. The second-order valence-corrected chi connectivity index (χ2v) is 9.85. The first-order chi connectivity index (χ1) is 14.6. The van der Waals surface area contributed by atoms with Crippen molar-refractivity contribution in [2.75, 3.05) is 18.0 Å². The van der Waals surface area contributed by atoms with Gasteiger partial charge in [0.15, 0.2) is 5.13 Å². The number of anilines is 1. The highest BCUT2D eigenvalue weighted by Crippen LogP contribution is 2.34. The third-order valence-electron chi connectivity index (χ3n) is 6.64. The summed E-state index contributed by atoms with van der Waals surface area (Å²) in [7, 11) is 0. The number of carbonyl (C=O) groups excluding carboxylic acids is 1. The topological polar surface area (TPSA) is 45.2 Å². The highest BCUT2D eigenvalue weighted by molar-refractivity contribution is 7.22. The van der Waals surface area contributed by atoms with Crippen LogP contribution < -0.4 is 10.2 Å².